The molecule has 2 aliphatic heterocycles. The van der Waals surface area contributed by atoms with Crippen molar-refractivity contribution in [2.75, 3.05) is 13.2 Å². The molecule has 0 N–H and O–H groups in total. The summed E-state index contributed by atoms with van der Waals surface area (Å²) in [5, 5.41) is 4.48. The van der Waals surface area contributed by atoms with Gasteiger partial charge < -0.3 is 9.47 Å². The van der Waals surface area contributed by atoms with Crippen LogP contribution in [0.15, 0.2) is 30.6 Å². The van der Waals surface area contributed by atoms with E-state index in [1.165, 1.54) is 12.0 Å². The minimum absolute atomic E-state index is 0.0928. The highest BCUT2D eigenvalue weighted by Crippen LogP contribution is 2.37. The molecule has 0 amide bonds. The molecule has 4 nitrogen and oxygen atoms in total. The molecule has 3 heterocycles. The summed E-state index contributed by atoms with van der Waals surface area (Å²) in [5.74, 6) is 1.02. The molecule has 0 radical (unpaired) electrons. The monoisotopic (exact) mass is 270 g/mol. The lowest BCUT2D eigenvalue weighted by Gasteiger charge is -2.22. The van der Waals surface area contributed by atoms with E-state index < -0.39 is 0 Å². The van der Waals surface area contributed by atoms with Crippen molar-refractivity contribution >= 4 is 0 Å². The largest absolute Gasteiger partial charge is 0.492 e. The van der Waals surface area contributed by atoms with Crippen molar-refractivity contribution in [3.63, 3.8) is 0 Å². The molecule has 1 fully saturated rings. The molecule has 1 aromatic heterocycles. The fraction of sp³-hybridized carbons (Fsp3) is 0.438. The molecule has 0 bridgehead atoms. The number of fused-ring (bicyclic) bond motifs is 1. The molecule has 20 heavy (non-hydrogen) atoms. The van der Waals surface area contributed by atoms with Gasteiger partial charge in [-0.15, -0.1) is 0 Å². The third-order valence-electron chi connectivity index (χ3n) is 4.08. The Bertz CT molecular complexity index is 615. The first-order valence-corrected chi connectivity index (χ1v) is 7.32. The van der Waals surface area contributed by atoms with Gasteiger partial charge in [-0.05, 0) is 24.8 Å². The average Bonchev–Trinajstić information content (AvgIpc) is 3.17. The number of hydrogen-bond donors (Lipinski definition) is 0. The van der Waals surface area contributed by atoms with Crippen LogP contribution in [0.3, 0.4) is 0 Å². The zero-order valence-electron chi connectivity index (χ0n) is 11.4. The first-order chi connectivity index (χ1) is 9.92. The highest BCUT2D eigenvalue weighted by atomic mass is 16.5. The van der Waals surface area contributed by atoms with E-state index in [0.29, 0.717) is 0 Å². The lowest BCUT2D eigenvalue weighted by atomic mass is 10.0. The van der Waals surface area contributed by atoms with Gasteiger partial charge in [0.25, 0.3) is 0 Å². The molecule has 4 rings (SSSR count). The molecular formula is C16H18N2O2. The van der Waals surface area contributed by atoms with E-state index in [0.717, 1.165) is 49.4 Å². The zero-order valence-corrected chi connectivity index (χ0v) is 11.4. The highest BCUT2D eigenvalue weighted by Gasteiger charge is 2.20. The maximum Gasteiger partial charge on any atom is 0.150 e. The van der Waals surface area contributed by atoms with Crippen molar-refractivity contribution in [1.82, 2.24) is 9.78 Å². The fourth-order valence-corrected chi connectivity index (χ4v) is 3.01. The Balaban J connectivity index is 1.66. The topological polar surface area (TPSA) is 36.3 Å². The van der Waals surface area contributed by atoms with Crippen molar-refractivity contribution < 1.29 is 9.47 Å². The normalized spacial score (nSPS) is 21.5. The lowest BCUT2D eigenvalue weighted by Crippen LogP contribution is -2.18. The summed E-state index contributed by atoms with van der Waals surface area (Å²) in [6, 6.07) is 6.34. The predicted molar refractivity (Wildman–Crippen MR) is 75.7 cm³/mol. The predicted octanol–water partition coefficient (Wildman–Crippen LogP) is 3.18. The number of hydrogen-bond acceptors (Lipinski definition) is 3. The molecule has 104 valence electrons. The van der Waals surface area contributed by atoms with Crippen LogP contribution in [0.5, 0.6) is 5.75 Å². The third kappa shape index (κ3) is 2.00. The van der Waals surface area contributed by atoms with Crippen molar-refractivity contribution in [2.24, 2.45) is 0 Å². The summed E-state index contributed by atoms with van der Waals surface area (Å²) in [7, 11) is 0. The van der Waals surface area contributed by atoms with Gasteiger partial charge in [0.2, 0.25) is 0 Å². The minimum Gasteiger partial charge on any atom is -0.492 e. The highest BCUT2D eigenvalue weighted by molar-refractivity contribution is 5.71. The van der Waals surface area contributed by atoms with Crippen LogP contribution < -0.4 is 4.74 Å². The molecule has 0 spiro atoms. The fourth-order valence-electron chi connectivity index (χ4n) is 3.01. The second-order valence-electron chi connectivity index (χ2n) is 5.42. The number of benzene rings is 1. The van der Waals surface area contributed by atoms with Gasteiger partial charge in [-0.1, -0.05) is 18.2 Å². The molecule has 4 heteroatoms. The van der Waals surface area contributed by atoms with Crippen LogP contribution in [0.25, 0.3) is 11.1 Å². The number of aromatic nitrogens is 2. The van der Waals surface area contributed by atoms with Crippen LogP contribution in [0.2, 0.25) is 0 Å². The summed E-state index contributed by atoms with van der Waals surface area (Å²) in [4.78, 5) is 0. The second kappa shape index (κ2) is 4.94. The Morgan fingerprint density at radius 1 is 1.20 bits per heavy atom. The quantitative estimate of drug-likeness (QED) is 0.841. The smallest absolute Gasteiger partial charge is 0.150 e. The van der Waals surface area contributed by atoms with E-state index in [2.05, 4.69) is 29.5 Å². The van der Waals surface area contributed by atoms with E-state index in [-0.39, 0.29) is 6.23 Å². The number of nitrogens with zero attached hydrogens (tertiary/aromatic N) is 2. The Morgan fingerprint density at radius 3 is 3.10 bits per heavy atom. The zero-order chi connectivity index (χ0) is 13.4. The van der Waals surface area contributed by atoms with Crippen molar-refractivity contribution in [3.05, 3.63) is 36.2 Å². The molecule has 0 aliphatic carbocycles. The first-order valence-electron chi connectivity index (χ1n) is 7.32. The van der Waals surface area contributed by atoms with Crippen LogP contribution in [0.1, 0.15) is 31.1 Å². The molecule has 2 aromatic rings. The standard InChI is InChI=1S/C16H18N2O2/c1-2-8-19-15(6-1)18-11-13(10-17-18)14-5-3-4-12-7-9-20-16(12)14/h3-5,10-11,15H,1-2,6-9H2/t15-/m1/s1. The summed E-state index contributed by atoms with van der Waals surface area (Å²) in [6.07, 6.45) is 8.50. The van der Waals surface area contributed by atoms with Crippen LogP contribution >= 0.6 is 0 Å². The Labute approximate surface area is 118 Å². The van der Waals surface area contributed by atoms with Crippen molar-refractivity contribution in [2.45, 2.75) is 31.9 Å². The SMILES string of the molecule is c1cc2c(c(-c3cnn([C@H]4CCCCO4)c3)c1)OCC2. The molecule has 1 atom stereocenters. The van der Waals surface area contributed by atoms with Gasteiger partial charge in [0, 0.05) is 30.4 Å². The molecule has 1 saturated heterocycles. The lowest BCUT2D eigenvalue weighted by molar-refractivity contribution is -0.0394. The minimum atomic E-state index is 0.0928. The summed E-state index contributed by atoms with van der Waals surface area (Å²) in [6.45, 7) is 1.62. The number of para-hydroxylation sites is 1. The molecule has 2 aliphatic rings. The van der Waals surface area contributed by atoms with E-state index in [1.54, 1.807) is 0 Å². The number of ether oxygens (including phenoxy) is 2. The maximum absolute atomic E-state index is 5.78. The van der Waals surface area contributed by atoms with Crippen molar-refractivity contribution in [3.8, 4) is 16.9 Å². The van der Waals surface area contributed by atoms with Gasteiger partial charge in [0.15, 0.2) is 0 Å². The van der Waals surface area contributed by atoms with E-state index >= 15 is 0 Å². The van der Waals surface area contributed by atoms with Gasteiger partial charge in [-0.25, -0.2) is 4.68 Å². The van der Waals surface area contributed by atoms with Gasteiger partial charge in [0.1, 0.15) is 12.0 Å². The van der Waals surface area contributed by atoms with Gasteiger partial charge in [0.05, 0.1) is 12.8 Å². The van der Waals surface area contributed by atoms with Gasteiger partial charge >= 0.3 is 0 Å². The number of rotatable bonds is 2. The van der Waals surface area contributed by atoms with Crippen LogP contribution in [0, 0.1) is 0 Å². The Hall–Kier alpha value is -1.81. The summed E-state index contributed by atoms with van der Waals surface area (Å²) >= 11 is 0. The van der Waals surface area contributed by atoms with E-state index in [4.69, 9.17) is 9.47 Å². The van der Waals surface area contributed by atoms with Crippen molar-refractivity contribution in [1.29, 1.82) is 0 Å². The summed E-state index contributed by atoms with van der Waals surface area (Å²) < 4.78 is 13.5. The Morgan fingerprint density at radius 2 is 2.20 bits per heavy atom. The average molecular weight is 270 g/mol. The molecule has 0 unspecified atom stereocenters. The molecular weight excluding hydrogens is 252 g/mol. The van der Waals surface area contributed by atoms with E-state index in [1.807, 2.05) is 10.9 Å². The van der Waals surface area contributed by atoms with Gasteiger partial charge in [-0.3, -0.25) is 0 Å². The third-order valence-corrected chi connectivity index (χ3v) is 4.08. The van der Waals surface area contributed by atoms with Gasteiger partial charge in [-0.2, -0.15) is 5.10 Å². The molecule has 1 aromatic carbocycles. The molecule has 0 saturated carbocycles. The second-order valence-corrected chi connectivity index (χ2v) is 5.42. The van der Waals surface area contributed by atoms with Crippen LogP contribution in [-0.4, -0.2) is 23.0 Å². The first kappa shape index (κ1) is 12.0. The maximum atomic E-state index is 5.78. The summed E-state index contributed by atoms with van der Waals surface area (Å²) in [5.41, 5.74) is 3.55. The van der Waals surface area contributed by atoms with E-state index in [9.17, 15) is 0 Å². The Kier molecular flexibility index (Phi) is 2.96. The van der Waals surface area contributed by atoms with Crippen LogP contribution in [-0.2, 0) is 11.2 Å². The van der Waals surface area contributed by atoms with Crippen LogP contribution in [0.4, 0.5) is 0 Å².